The van der Waals surface area contributed by atoms with E-state index in [9.17, 15) is 9.59 Å². The Balaban J connectivity index is 2.92. The molecule has 2 aliphatic rings. The third kappa shape index (κ3) is 10.7. The van der Waals surface area contributed by atoms with Gasteiger partial charge < -0.3 is 32.6 Å². The zero-order valence-corrected chi connectivity index (χ0v) is 38.9. The lowest BCUT2D eigenvalue weighted by Gasteiger charge is -2.67. The van der Waals surface area contributed by atoms with Crippen LogP contribution in [0, 0.1) is 28.1 Å². The van der Waals surface area contributed by atoms with Crippen LogP contribution in [-0.4, -0.2) is 89.0 Å². The number of Topliss-reactive ketones (excluding diaryl/α,β-unsaturated/α-hetero) is 1. The van der Waals surface area contributed by atoms with Gasteiger partial charge in [0.05, 0.1) is 12.2 Å². The maximum atomic E-state index is 14.3. The summed E-state index contributed by atoms with van der Waals surface area (Å²) in [4.78, 5) is 28.0. The number of fused-ring (bicyclic) bond motifs is 1. The molecule has 300 valence electrons. The van der Waals surface area contributed by atoms with Crippen LogP contribution in [0.5, 0.6) is 0 Å². The minimum absolute atomic E-state index is 0.0177. The van der Waals surface area contributed by atoms with E-state index >= 15 is 0 Å². The minimum atomic E-state index is -2.30. The molecule has 2 fully saturated rings. The quantitative estimate of drug-likeness (QED) is 0.0465. The second-order valence-electron chi connectivity index (χ2n) is 19.4. The molecular weight excluding hydrogens is 693 g/mol. The first kappa shape index (κ1) is 46.9. The van der Waals surface area contributed by atoms with Crippen LogP contribution in [0.1, 0.15) is 101 Å². The van der Waals surface area contributed by atoms with Crippen LogP contribution in [-0.2, 0) is 37.4 Å². The highest BCUT2D eigenvalue weighted by Gasteiger charge is 2.70. The van der Waals surface area contributed by atoms with E-state index in [-0.39, 0.29) is 54.6 Å². The lowest BCUT2D eigenvalue weighted by Crippen LogP contribution is -2.71. The van der Waals surface area contributed by atoms with Gasteiger partial charge in [-0.2, -0.15) is 0 Å². The second kappa shape index (κ2) is 18.6. The van der Waals surface area contributed by atoms with Crippen molar-refractivity contribution in [1.82, 2.24) is 0 Å². The molecule has 0 radical (unpaired) electrons. The molecule has 0 spiro atoms. The van der Waals surface area contributed by atoms with Crippen LogP contribution in [0.2, 0.25) is 61.9 Å². The maximum Gasteiger partial charge on any atom is 0.192 e. The molecule has 2 aliphatic carbocycles. The SMILES string of the molecule is CC[Si](CC)(CC)O[C@H]1C[C@@H](C(C)(C)C(C)=O)[C@](C=O)(CCCOCOC)[C@H]2[C@@H](O[Si](C)(C)C(C)(C)C)CC[C@@H](OCOCC[Si](C)(C)C)[C@]12C. The first-order valence-electron chi connectivity index (χ1n) is 20.1. The van der Waals surface area contributed by atoms with E-state index in [1.54, 1.807) is 14.0 Å². The summed E-state index contributed by atoms with van der Waals surface area (Å²) in [5.41, 5.74) is -2.20. The molecule has 0 aromatic heterocycles. The average Bonchev–Trinajstić information content (AvgIpc) is 3.03. The summed E-state index contributed by atoms with van der Waals surface area (Å²) < 4.78 is 39.2. The van der Waals surface area contributed by atoms with Crippen LogP contribution in [0.4, 0.5) is 0 Å². The Morgan fingerprint density at radius 2 is 1.45 bits per heavy atom. The molecule has 51 heavy (non-hydrogen) atoms. The largest absolute Gasteiger partial charge is 0.414 e. The fourth-order valence-electron chi connectivity index (χ4n) is 9.00. The van der Waals surface area contributed by atoms with E-state index < -0.39 is 41.0 Å². The molecule has 8 nitrogen and oxygen atoms in total. The number of carbonyl (C=O) groups is 2. The summed E-state index contributed by atoms with van der Waals surface area (Å²) in [6.45, 7) is 35.1. The number of carbonyl (C=O) groups excluding carboxylic acids is 2. The van der Waals surface area contributed by atoms with E-state index in [0.717, 1.165) is 37.0 Å². The Morgan fingerprint density at radius 3 is 1.94 bits per heavy atom. The molecular formula is C40H80O8Si3. The van der Waals surface area contributed by atoms with Crippen molar-refractivity contribution < 1.29 is 37.4 Å². The van der Waals surface area contributed by atoms with E-state index in [0.29, 0.717) is 32.5 Å². The summed E-state index contributed by atoms with van der Waals surface area (Å²) in [5.74, 6) is -0.387. The Kier molecular flexibility index (Phi) is 17.1. The molecule has 0 unspecified atom stereocenters. The highest BCUT2D eigenvalue weighted by molar-refractivity contribution is 6.76. The van der Waals surface area contributed by atoms with Crippen molar-refractivity contribution >= 4 is 36.8 Å². The van der Waals surface area contributed by atoms with Gasteiger partial charge in [-0.3, -0.25) is 4.79 Å². The van der Waals surface area contributed by atoms with Crippen molar-refractivity contribution in [1.29, 1.82) is 0 Å². The van der Waals surface area contributed by atoms with Crippen LogP contribution < -0.4 is 0 Å². The second-order valence-corrected chi connectivity index (χ2v) is 34.5. The highest BCUT2D eigenvalue weighted by Crippen LogP contribution is 2.66. The van der Waals surface area contributed by atoms with Gasteiger partial charge in [0.1, 0.15) is 25.7 Å². The summed E-state index contributed by atoms with van der Waals surface area (Å²) >= 11 is 0. The van der Waals surface area contributed by atoms with Gasteiger partial charge in [-0.15, -0.1) is 0 Å². The van der Waals surface area contributed by atoms with Crippen molar-refractivity contribution in [3.63, 3.8) is 0 Å². The number of aldehydes is 1. The van der Waals surface area contributed by atoms with Crippen molar-refractivity contribution in [2.24, 2.45) is 28.1 Å². The fourth-order valence-corrected chi connectivity index (χ4v) is 14.1. The number of rotatable bonds is 22. The third-order valence-electron chi connectivity index (χ3n) is 13.8. The van der Waals surface area contributed by atoms with Crippen molar-refractivity contribution in [3.8, 4) is 0 Å². The molecule has 2 saturated carbocycles. The molecule has 11 heteroatoms. The average molecular weight is 773 g/mol. The third-order valence-corrected chi connectivity index (χ3v) is 24.7. The van der Waals surface area contributed by atoms with Gasteiger partial charge in [0.25, 0.3) is 0 Å². The molecule has 7 atom stereocenters. The van der Waals surface area contributed by atoms with Crippen molar-refractivity contribution in [3.05, 3.63) is 0 Å². The van der Waals surface area contributed by atoms with E-state index in [1.165, 1.54) is 6.29 Å². The predicted molar refractivity (Wildman–Crippen MR) is 217 cm³/mol. The number of methoxy groups -OCH3 is 1. The van der Waals surface area contributed by atoms with Gasteiger partial charge in [0, 0.05) is 56.7 Å². The lowest BCUT2D eigenvalue weighted by molar-refractivity contribution is -0.258. The fraction of sp³-hybridized carbons (Fsp3) is 0.950. The number of hydrogen-bond donors (Lipinski definition) is 0. The normalized spacial score (nSPS) is 29.5. The molecule has 0 amide bonds. The first-order chi connectivity index (χ1) is 23.5. The Labute approximate surface area is 316 Å². The van der Waals surface area contributed by atoms with Crippen LogP contribution >= 0.6 is 0 Å². The topological polar surface area (TPSA) is 89.5 Å². The van der Waals surface area contributed by atoms with Gasteiger partial charge in [0.15, 0.2) is 16.6 Å². The van der Waals surface area contributed by atoms with Crippen LogP contribution in [0.25, 0.3) is 0 Å². The molecule has 0 bridgehead atoms. The highest BCUT2D eigenvalue weighted by atomic mass is 28.4. The molecule has 0 saturated heterocycles. The molecule has 0 heterocycles. The summed E-state index contributed by atoms with van der Waals surface area (Å²) in [6, 6.07) is 4.13. The monoisotopic (exact) mass is 773 g/mol. The molecule has 0 N–H and O–H groups in total. The van der Waals surface area contributed by atoms with Crippen molar-refractivity contribution in [2.75, 3.05) is 33.9 Å². The standard InChI is InChI=1S/C40H80O8Si3/c1-17-51(18-2,19-3)48-35-27-33(38(8,9)31(4)42)40(28-41,23-20-24-44-29-43-11)36-32(47-50(15,16)37(5,6)7)21-22-34(39(35,36)10)46-30-45-25-26-49(12,13)14/h28,32-36H,17-27,29-30H2,1-16H3/t32-,33-,34+,35-,36-,39+,40+/m0/s1. The molecule has 2 rings (SSSR count). The van der Waals surface area contributed by atoms with Gasteiger partial charge in [-0.05, 0) is 87.3 Å². The first-order valence-corrected chi connectivity index (χ1v) is 29.2. The van der Waals surface area contributed by atoms with Crippen LogP contribution in [0.15, 0.2) is 0 Å². The molecule has 0 aromatic carbocycles. The molecule has 0 aromatic rings. The minimum Gasteiger partial charge on any atom is -0.414 e. The molecule has 0 aliphatic heterocycles. The Morgan fingerprint density at radius 1 is 0.863 bits per heavy atom. The predicted octanol–water partition coefficient (Wildman–Crippen LogP) is 10.1. The van der Waals surface area contributed by atoms with Gasteiger partial charge in [0.2, 0.25) is 0 Å². The zero-order chi connectivity index (χ0) is 39.1. The summed E-state index contributed by atoms with van der Waals surface area (Å²) in [7, 11) is -4.09. The lowest BCUT2D eigenvalue weighted by atomic mass is 9.41. The van der Waals surface area contributed by atoms with E-state index in [4.69, 9.17) is 27.8 Å². The number of ketones is 1. The van der Waals surface area contributed by atoms with Crippen molar-refractivity contribution in [2.45, 2.75) is 182 Å². The smallest absolute Gasteiger partial charge is 0.192 e. The van der Waals surface area contributed by atoms with Gasteiger partial charge in [-0.1, -0.05) is 82.0 Å². The van der Waals surface area contributed by atoms with Crippen LogP contribution in [0.3, 0.4) is 0 Å². The summed E-state index contributed by atoms with van der Waals surface area (Å²) in [6.07, 6.45) is 4.10. The van der Waals surface area contributed by atoms with Gasteiger partial charge in [-0.25, -0.2) is 0 Å². The van der Waals surface area contributed by atoms with E-state index in [1.807, 2.05) is 0 Å². The van der Waals surface area contributed by atoms with E-state index in [2.05, 4.69) is 95.0 Å². The van der Waals surface area contributed by atoms with Gasteiger partial charge >= 0.3 is 0 Å². The maximum absolute atomic E-state index is 14.3. The Bertz CT molecular complexity index is 1090. The zero-order valence-electron chi connectivity index (χ0n) is 35.9. The summed E-state index contributed by atoms with van der Waals surface area (Å²) in [5, 5.41) is -0.0177. The Hall–Kier alpha value is -0.249. The number of hydrogen-bond acceptors (Lipinski definition) is 8. The number of ether oxygens (including phenoxy) is 4.